The van der Waals surface area contributed by atoms with E-state index in [9.17, 15) is 4.79 Å². The maximum Gasteiger partial charge on any atom is 0.251 e. The predicted molar refractivity (Wildman–Crippen MR) is 83.2 cm³/mol. The molecule has 4 heteroatoms. The molecule has 0 saturated carbocycles. The van der Waals surface area contributed by atoms with Crippen LogP contribution in [0.5, 0.6) is 0 Å². The number of benzene rings is 1. The van der Waals surface area contributed by atoms with Gasteiger partial charge in [0.25, 0.3) is 5.91 Å². The number of amides is 1. The average molecular weight is 288 g/mol. The Bertz CT molecular complexity index is 594. The van der Waals surface area contributed by atoms with Crippen molar-refractivity contribution in [2.24, 2.45) is 0 Å². The quantitative estimate of drug-likeness (QED) is 0.936. The zero-order valence-electron chi connectivity index (χ0n) is 12.4. The van der Waals surface area contributed by atoms with E-state index in [0.717, 1.165) is 10.7 Å². The molecule has 2 rings (SSSR count). The van der Waals surface area contributed by atoms with Crippen LogP contribution < -0.4 is 5.32 Å². The molecule has 20 heavy (non-hydrogen) atoms. The fourth-order valence-corrected chi connectivity index (χ4v) is 2.57. The Morgan fingerprint density at radius 1 is 1.25 bits per heavy atom. The van der Waals surface area contributed by atoms with Crippen LogP contribution >= 0.6 is 11.3 Å². The molecule has 0 atom stereocenters. The van der Waals surface area contributed by atoms with Crippen LogP contribution in [0.25, 0.3) is 0 Å². The summed E-state index contributed by atoms with van der Waals surface area (Å²) in [5.41, 5.74) is 3.01. The standard InChI is InChI=1S/C16H20N2OS/c1-11-10-20-14(18-11)9-17-15(19)12-5-7-13(8-6-12)16(2,3)4/h5-8,10H,9H2,1-4H3,(H,17,19). The second kappa shape index (κ2) is 5.75. The Kier molecular flexibility index (Phi) is 4.23. The number of nitrogens with zero attached hydrogens (tertiary/aromatic N) is 1. The molecule has 0 bridgehead atoms. The SMILES string of the molecule is Cc1csc(CNC(=O)c2ccc(C(C)(C)C)cc2)n1. The number of hydrogen-bond donors (Lipinski definition) is 1. The second-order valence-electron chi connectivity index (χ2n) is 5.89. The largest absolute Gasteiger partial charge is 0.346 e. The number of thiazole rings is 1. The molecule has 3 nitrogen and oxygen atoms in total. The van der Waals surface area contributed by atoms with E-state index in [0.29, 0.717) is 12.1 Å². The molecule has 2 aromatic rings. The summed E-state index contributed by atoms with van der Waals surface area (Å²) < 4.78 is 0. The fourth-order valence-electron chi connectivity index (χ4n) is 1.86. The van der Waals surface area contributed by atoms with Gasteiger partial charge in [0.1, 0.15) is 5.01 Å². The third kappa shape index (κ3) is 3.67. The van der Waals surface area contributed by atoms with Crippen molar-refractivity contribution in [1.82, 2.24) is 10.3 Å². The lowest BCUT2D eigenvalue weighted by Crippen LogP contribution is -2.23. The van der Waals surface area contributed by atoms with Crippen LogP contribution in [0.3, 0.4) is 0 Å². The van der Waals surface area contributed by atoms with Crippen molar-refractivity contribution in [1.29, 1.82) is 0 Å². The monoisotopic (exact) mass is 288 g/mol. The number of rotatable bonds is 3. The molecular weight excluding hydrogens is 268 g/mol. The molecule has 0 aliphatic carbocycles. The van der Waals surface area contributed by atoms with Gasteiger partial charge in [0.05, 0.1) is 6.54 Å². The van der Waals surface area contributed by atoms with Crippen LogP contribution in [0.4, 0.5) is 0 Å². The van der Waals surface area contributed by atoms with Crippen molar-refractivity contribution < 1.29 is 4.79 Å². The van der Waals surface area contributed by atoms with Crippen molar-refractivity contribution >= 4 is 17.2 Å². The number of hydrogen-bond acceptors (Lipinski definition) is 3. The molecule has 0 fully saturated rings. The van der Waals surface area contributed by atoms with Crippen LogP contribution in [0, 0.1) is 6.92 Å². The maximum atomic E-state index is 12.1. The summed E-state index contributed by atoms with van der Waals surface area (Å²) in [4.78, 5) is 16.4. The minimum Gasteiger partial charge on any atom is -0.346 e. The van der Waals surface area contributed by atoms with E-state index in [1.54, 1.807) is 11.3 Å². The van der Waals surface area contributed by atoms with E-state index < -0.39 is 0 Å². The van der Waals surface area contributed by atoms with Gasteiger partial charge in [-0.05, 0) is 30.0 Å². The molecule has 1 heterocycles. The molecule has 106 valence electrons. The van der Waals surface area contributed by atoms with E-state index >= 15 is 0 Å². The van der Waals surface area contributed by atoms with Gasteiger partial charge in [0.15, 0.2) is 0 Å². The molecule has 0 saturated heterocycles. The van der Waals surface area contributed by atoms with Crippen LogP contribution in [0.15, 0.2) is 29.6 Å². The summed E-state index contributed by atoms with van der Waals surface area (Å²) in [6.07, 6.45) is 0. The molecule has 1 aromatic carbocycles. The summed E-state index contributed by atoms with van der Waals surface area (Å²) in [5.74, 6) is -0.0571. The Morgan fingerprint density at radius 2 is 1.90 bits per heavy atom. The zero-order chi connectivity index (χ0) is 14.8. The van der Waals surface area contributed by atoms with Crippen LogP contribution in [-0.2, 0) is 12.0 Å². The fraction of sp³-hybridized carbons (Fsp3) is 0.375. The van der Waals surface area contributed by atoms with Gasteiger partial charge in [0, 0.05) is 16.6 Å². The Hall–Kier alpha value is -1.68. The van der Waals surface area contributed by atoms with Crippen molar-refractivity contribution in [3.05, 3.63) is 51.5 Å². The van der Waals surface area contributed by atoms with Gasteiger partial charge < -0.3 is 5.32 Å². The Labute approximate surface area is 124 Å². The first kappa shape index (κ1) is 14.7. The average Bonchev–Trinajstić information content (AvgIpc) is 2.81. The first-order chi connectivity index (χ1) is 9.36. The maximum absolute atomic E-state index is 12.1. The van der Waals surface area contributed by atoms with Gasteiger partial charge in [-0.1, -0.05) is 32.9 Å². The summed E-state index contributed by atoms with van der Waals surface area (Å²) in [7, 11) is 0. The molecule has 1 aromatic heterocycles. The number of aromatic nitrogens is 1. The molecule has 1 N–H and O–H groups in total. The highest BCUT2D eigenvalue weighted by Crippen LogP contribution is 2.22. The van der Waals surface area contributed by atoms with Gasteiger partial charge in [-0.15, -0.1) is 11.3 Å². The predicted octanol–water partition coefficient (Wildman–Crippen LogP) is 3.68. The molecular formula is C16H20N2OS. The normalized spacial score (nSPS) is 11.4. The molecule has 0 spiro atoms. The number of carbonyl (C=O) groups is 1. The molecule has 0 radical (unpaired) electrons. The lowest BCUT2D eigenvalue weighted by Gasteiger charge is -2.19. The van der Waals surface area contributed by atoms with E-state index in [2.05, 4.69) is 31.1 Å². The smallest absolute Gasteiger partial charge is 0.251 e. The summed E-state index contributed by atoms with van der Waals surface area (Å²) in [6.45, 7) is 8.91. The van der Waals surface area contributed by atoms with Crippen LogP contribution in [-0.4, -0.2) is 10.9 Å². The summed E-state index contributed by atoms with van der Waals surface area (Å²) in [5, 5.41) is 5.81. The minimum absolute atomic E-state index is 0.0571. The zero-order valence-corrected chi connectivity index (χ0v) is 13.2. The second-order valence-corrected chi connectivity index (χ2v) is 6.84. The molecule has 0 aliphatic heterocycles. The van der Waals surface area contributed by atoms with E-state index in [1.165, 1.54) is 5.56 Å². The van der Waals surface area contributed by atoms with E-state index in [4.69, 9.17) is 0 Å². The lowest BCUT2D eigenvalue weighted by molar-refractivity contribution is 0.0951. The number of aryl methyl sites for hydroxylation is 1. The molecule has 0 unspecified atom stereocenters. The number of carbonyl (C=O) groups excluding carboxylic acids is 1. The highest BCUT2D eigenvalue weighted by Gasteiger charge is 2.14. The number of nitrogens with one attached hydrogen (secondary N) is 1. The molecule has 0 aliphatic rings. The highest BCUT2D eigenvalue weighted by atomic mass is 32.1. The van der Waals surface area contributed by atoms with Crippen LogP contribution in [0.1, 0.15) is 47.4 Å². The summed E-state index contributed by atoms with van der Waals surface area (Å²) in [6, 6.07) is 7.79. The summed E-state index contributed by atoms with van der Waals surface area (Å²) >= 11 is 1.57. The van der Waals surface area contributed by atoms with Gasteiger partial charge in [0.2, 0.25) is 0 Å². The Morgan fingerprint density at radius 3 is 2.40 bits per heavy atom. The highest BCUT2D eigenvalue weighted by molar-refractivity contribution is 7.09. The third-order valence-electron chi connectivity index (χ3n) is 3.08. The van der Waals surface area contributed by atoms with Crippen LogP contribution in [0.2, 0.25) is 0 Å². The van der Waals surface area contributed by atoms with E-state index in [-0.39, 0.29) is 11.3 Å². The first-order valence-corrected chi connectivity index (χ1v) is 7.54. The minimum atomic E-state index is -0.0571. The Balaban J connectivity index is 1.99. The lowest BCUT2D eigenvalue weighted by atomic mass is 9.87. The van der Waals surface area contributed by atoms with Gasteiger partial charge in [-0.3, -0.25) is 4.79 Å². The topological polar surface area (TPSA) is 42.0 Å². The van der Waals surface area contributed by atoms with Crippen molar-refractivity contribution in [2.75, 3.05) is 0 Å². The van der Waals surface area contributed by atoms with Crippen molar-refractivity contribution in [3.63, 3.8) is 0 Å². The third-order valence-corrected chi connectivity index (χ3v) is 4.05. The van der Waals surface area contributed by atoms with Crippen molar-refractivity contribution in [2.45, 2.75) is 39.7 Å². The van der Waals surface area contributed by atoms with E-state index in [1.807, 2.05) is 36.6 Å². The van der Waals surface area contributed by atoms with Gasteiger partial charge >= 0.3 is 0 Å². The van der Waals surface area contributed by atoms with Gasteiger partial charge in [-0.2, -0.15) is 0 Å². The van der Waals surface area contributed by atoms with Crippen molar-refractivity contribution in [3.8, 4) is 0 Å². The first-order valence-electron chi connectivity index (χ1n) is 6.66. The van der Waals surface area contributed by atoms with Gasteiger partial charge in [-0.25, -0.2) is 4.98 Å². The molecule has 1 amide bonds.